The van der Waals surface area contributed by atoms with Crippen molar-refractivity contribution < 1.29 is 42.7 Å². The minimum Gasteiger partial charge on any atom is -0.497 e. The fraction of sp³-hybridized carbons (Fsp3) is 0.444. The minimum atomic E-state index is -1.01. The first-order valence-electron chi connectivity index (χ1n) is 11.7. The largest absolute Gasteiger partial charge is 0.497 e. The summed E-state index contributed by atoms with van der Waals surface area (Å²) in [5.41, 5.74) is 1.10. The number of benzene rings is 2. The molecule has 1 aliphatic rings. The molecule has 2 aromatic carbocycles. The maximum absolute atomic E-state index is 13.4. The zero-order chi connectivity index (χ0) is 26.7. The lowest BCUT2D eigenvalue weighted by atomic mass is 9.89. The summed E-state index contributed by atoms with van der Waals surface area (Å²) < 4.78 is 45.7. The zero-order valence-electron chi connectivity index (χ0n) is 21.7. The molecule has 1 saturated heterocycles. The van der Waals surface area contributed by atoms with E-state index in [1.54, 1.807) is 37.4 Å². The lowest BCUT2D eigenvalue weighted by Gasteiger charge is -2.44. The molecule has 0 aliphatic carbocycles. The van der Waals surface area contributed by atoms with Gasteiger partial charge in [0, 0.05) is 39.0 Å². The third-order valence-corrected chi connectivity index (χ3v) is 6.59. The summed E-state index contributed by atoms with van der Waals surface area (Å²) in [5.74, 6) is 1.64. The minimum absolute atomic E-state index is 0.111. The number of rotatable bonds is 9. The molecule has 0 bridgehead atoms. The molecule has 5 unspecified atom stereocenters. The molecule has 0 amide bonds. The van der Waals surface area contributed by atoms with Crippen LogP contribution < -0.4 is 19.6 Å². The quantitative estimate of drug-likeness (QED) is 0.455. The van der Waals surface area contributed by atoms with Crippen molar-refractivity contribution >= 4 is 11.0 Å². The second-order valence-corrected chi connectivity index (χ2v) is 8.54. The van der Waals surface area contributed by atoms with Crippen LogP contribution in [0.5, 0.6) is 17.2 Å². The van der Waals surface area contributed by atoms with Gasteiger partial charge in [0.1, 0.15) is 64.5 Å². The molecular weight excluding hydrogens is 484 g/mol. The maximum atomic E-state index is 13.4. The van der Waals surface area contributed by atoms with Crippen LogP contribution in [0.4, 0.5) is 0 Å². The Morgan fingerprint density at radius 3 is 2.16 bits per heavy atom. The summed E-state index contributed by atoms with van der Waals surface area (Å²) in [6.45, 7) is 0.111. The SMILES string of the molecule is COCC1OC(c2c(OC)cc3oc(-c4ccc(OC)cc4)cc(=O)c3c2OC)C(OC)C(OC)C1O. The highest BCUT2D eigenvalue weighted by molar-refractivity contribution is 5.88. The molecule has 3 aromatic rings. The number of hydrogen-bond acceptors (Lipinski definition) is 10. The van der Waals surface area contributed by atoms with E-state index in [0.717, 1.165) is 0 Å². The molecular formula is C27H32O10. The third-order valence-electron chi connectivity index (χ3n) is 6.59. The topological polar surface area (TPSA) is 115 Å². The van der Waals surface area contributed by atoms with Gasteiger partial charge in [-0.2, -0.15) is 0 Å². The van der Waals surface area contributed by atoms with Crippen LogP contribution in [0.15, 0.2) is 45.6 Å². The number of aliphatic hydroxyl groups is 1. The molecule has 0 saturated carbocycles. The molecule has 10 nitrogen and oxygen atoms in total. The first kappa shape index (κ1) is 26.9. The van der Waals surface area contributed by atoms with E-state index in [9.17, 15) is 9.90 Å². The summed E-state index contributed by atoms with van der Waals surface area (Å²) >= 11 is 0. The Morgan fingerprint density at radius 1 is 0.892 bits per heavy atom. The first-order chi connectivity index (χ1) is 17.9. The maximum Gasteiger partial charge on any atom is 0.197 e. The third kappa shape index (κ3) is 4.90. The monoisotopic (exact) mass is 516 g/mol. The van der Waals surface area contributed by atoms with Crippen LogP contribution in [0.1, 0.15) is 11.7 Å². The molecule has 200 valence electrons. The van der Waals surface area contributed by atoms with Crippen molar-refractivity contribution in [2.75, 3.05) is 49.3 Å². The molecule has 0 radical (unpaired) electrons. The van der Waals surface area contributed by atoms with Gasteiger partial charge in [-0.15, -0.1) is 0 Å². The summed E-state index contributed by atoms with van der Waals surface area (Å²) in [6, 6.07) is 10.2. The Morgan fingerprint density at radius 2 is 1.59 bits per heavy atom. The van der Waals surface area contributed by atoms with Gasteiger partial charge < -0.3 is 42.7 Å². The normalized spacial score (nSPS) is 23.7. The van der Waals surface area contributed by atoms with Crippen molar-refractivity contribution in [1.29, 1.82) is 0 Å². The average molecular weight is 517 g/mol. The van der Waals surface area contributed by atoms with Gasteiger partial charge in [0.25, 0.3) is 0 Å². The zero-order valence-corrected chi connectivity index (χ0v) is 21.7. The van der Waals surface area contributed by atoms with Crippen molar-refractivity contribution in [2.45, 2.75) is 30.5 Å². The van der Waals surface area contributed by atoms with Gasteiger partial charge in [-0.05, 0) is 24.3 Å². The second kappa shape index (κ2) is 11.5. The summed E-state index contributed by atoms with van der Waals surface area (Å²) in [6.07, 6.45) is -4.07. The van der Waals surface area contributed by atoms with Crippen LogP contribution in [0.2, 0.25) is 0 Å². The number of fused-ring (bicyclic) bond motifs is 1. The van der Waals surface area contributed by atoms with E-state index < -0.39 is 30.5 Å². The van der Waals surface area contributed by atoms with E-state index in [0.29, 0.717) is 28.4 Å². The van der Waals surface area contributed by atoms with Gasteiger partial charge in [0.15, 0.2) is 5.43 Å². The van der Waals surface area contributed by atoms with Gasteiger partial charge in [0.05, 0.1) is 33.5 Å². The smallest absolute Gasteiger partial charge is 0.197 e. The fourth-order valence-electron chi connectivity index (χ4n) is 4.82. The molecule has 4 rings (SSSR count). The lowest BCUT2D eigenvalue weighted by molar-refractivity contribution is -0.246. The van der Waals surface area contributed by atoms with Crippen LogP contribution in [0, 0.1) is 0 Å². The highest BCUT2D eigenvalue weighted by Gasteiger charge is 2.48. The Labute approximate surface area is 214 Å². The molecule has 0 spiro atoms. The van der Waals surface area contributed by atoms with Gasteiger partial charge in [-0.3, -0.25) is 4.79 Å². The predicted octanol–water partition coefficient (Wildman–Crippen LogP) is 2.96. The Balaban J connectivity index is 1.91. The van der Waals surface area contributed by atoms with Gasteiger partial charge in [-0.1, -0.05) is 0 Å². The van der Waals surface area contributed by atoms with E-state index in [-0.39, 0.29) is 28.8 Å². The highest BCUT2D eigenvalue weighted by atomic mass is 16.6. The Bertz CT molecular complexity index is 1270. The van der Waals surface area contributed by atoms with Gasteiger partial charge >= 0.3 is 0 Å². The predicted molar refractivity (Wildman–Crippen MR) is 135 cm³/mol. The van der Waals surface area contributed by atoms with Crippen LogP contribution in [0.3, 0.4) is 0 Å². The molecule has 10 heteroatoms. The molecule has 1 aromatic heterocycles. The van der Waals surface area contributed by atoms with Crippen LogP contribution in [-0.4, -0.2) is 78.8 Å². The number of hydrogen-bond donors (Lipinski definition) is 1. The highest BCUT2D eigenvalue weighted by Crippen LogP contribution is 2.46. The van der Waals surface area contributed by atoms with Crippen LogP contribution in [0.25, 0.3) is 22.3 Å². The van der Waals surface area contributed by atoms with E-state index in [4.69, 9.17) is 37.6 Å². The molecule has 5 atom stereocenters. The van der Waals surface area contributed by atoms with Crippen molar-refractivity contribution in [3.63, 3.8) is 0 Å². The number of ether oxygens (including phenoxy) is 7. The molecule has 37 heavy (non-hydrogen) atoms. The summed E-state index contributed by atoms with van der Waals surface area (Å²) in [5, 5.41) is 11.0. The van der Waals surface area contributed by atoms with Gasteiger partial charge in [-0.25, -0.2) is 0 Å². The van der Waals surface area contributed by atoms with Gasteiger partial charge in [0.2, 0.25) is 0 Å². The van der Waals surface area contributed by atoms with Crippen molar-refractivity contribution in [3.8, 4) is 28.6 Å². The van der Waals surface area contributed by atoms with E-state index in [1.165, 1.54) is 41.6 Å². The molecule has 1 N–H and O–H groups in total. The van der Waals surface area contributed by atoms with Crippen LogP contribution in [-0.2, 0) is 18.9 Å². The average Bonchev–Trinajstić information content (AvgIpc) is 2.92. The first-order valence-corrected chi connectivity index (χ1v) is 11.7. The van der Waals surface area contributed by atoms with E-state index >= 15 is 0 Å². The summed E-state index contributed by atoms with van der Waals surface area (Å²) in [4.78, 5) is 13.4. The fourth-order valence-corrected chi connectivity index (χ4v) is 4.82. The Kier molecular flexibility index (Phi) is 8.35. The number of aliphatic hydroxyl groups excluding tert-OH is 1. The summed E-state index contributed by atoms with van der Waals surface area (Å²) in [7, 11) is 9.02. The van der Waals surface area contributed by atoms with E-state index in [2.05, 4.69) is 0 Å². The molecule has 1 fully saturated rings. The number of methoxy groups -OCH3 is 6. The standard InChI is InChI=1S/C27H32O10/c1-30-13-20-23(29)26(34-5)27(35-6)25(37-20)22-18(32-3)12-19-21(24(22)33-4)16(28)11-17(36-19)14-7-9-15(31-2)10-8-14/h7-12,20,23,25-27,29H,13H2,1-6H3. The van der Waals surface area contributed by atoms with E-state index in [1.807, 2.05) is 0 Å². The van der Waals surface area contributed by atoms with Crippen molar-refractivity contribution in [1.82, 2.24) is 0 Å². The van der Waals surface area contributed by atoms with Crippen LogP contribution >= 0.6 is 0 Å². The molecule has 2 heterocycles. The van der Waals surface area contributed by atoms with Crippen molar-refractivity contribution in [2.24, 2.45) is 0 Å². The molecule has 1 aliphatic heterocycles. The lowest BCUT2D eigenvalue weighted by Crippen LogP contribution is -2.56. The Hall–Kier alpha value is -3.15. The second-order valence-electron chi connectivity index (χ2n) is 8.54. The van der Waals surface area contributed by atoms with Crippen molar-refractivity contribution in [3.05, 3.63) is 52.2 Å².